The summed E-state index contributed by atoms with van der Waals surface area (Å²) in [4.78, 5) is 11.0. The molecular weight excluding hydrogens is 185 g/mol. The molecule has 0 saturated carbocycles. The van der Waals surface area contributed by atoms with Crippen molar-refractivity contribution in [2.75, 3.05) is 0 Å². The molecule has 0 heterocycles. The molecule has 1 amide bonds. The number of nitrogens with one attached hydrogen (secondary N) is 1. The largest absolute Gasteiger partial charge is 0.290 e. The Hall–Kier alpha value is -1.93. The van der Waals surface area contributed by atoms with Gasteiger partial charge in [0.15, 0.2) is 0 Å². The molecule has 0 atom stereocenters. The Labute approximate surface area is 80.1 Å². The molecule has 0 aliphatic rings. The van der Waals surface area contributed by atoms with Crippen molar-refractivity contribution in [2.45, 2.75) is 6.42 Å². The molecule has 0 aliphatic carbocycles. The van der Waals surface area contributed by atoms with Crippen LogP contribution in [0.25, 0.3) is 0 Å². The zero-order chi connectivity index (χ0) is 10.6. The summed E-state index contributed by atoms with van der Waals surface area (Å²) in [5.41, 5.74) is 2.23. The van der Waals surface area contributed by atoms with Crippen LogP contribution in [0.5, 0.6) is 0 Å². The van der Waals surface area contributed by atoms with Crippen LogP contribution in [-0.2, 0) is 6.42 Å². The molecule has 5 heteroatoms. The van der Waals surface area contributed by atoms with Crippen LogP contribution in [0.2, 0.25) is 0 Å². The molecule has 0 aromatic heterocycles. The number of amides is 1. The third-order valence-electron chi connectivity index (χ3n) is 1.69. The number of hydrazine groups is 1. The van der Waals surface area contributed by atoms with Gasteiger partial charge in [0.1, 0.15) is 5.82 Å². The van der Waals surface area contributed by atoms with Gasteiger partial charge in [-0.3, -0.25) is 10.2 Å². The zero-order valence-electron chi connectivity index (χ0n) is 7.25. The number of carbonyl (C=O) groups excluding carboxylic acids is 1. The summed E-state index contributed by atoms with van der Waals surface area (Å²) >= 11 is 0. The minimum atomic E-state index is -0.689. The quantitative estimate of drug-likeness (QED) is 0.407. The Bertz CT molecular complexity index is 398. The number of carbonyl (C=O) groups is 1. The predicted octanol–water partition coefficient (Wildman–Crippen LogP) is 0.495. The van der Waals surface area contributed by atoms with Crippen molar-refractivity contribution in [3.63, 3.8) is 0 Å². The number of benzene rings is 1. The van der Waals surface area contributed by atoms with E-state index in [1.54, 1.807) is 0 Å². The predicted molar refractivity (Wildman–Crippen MR) is 47.4 cm³/mol. The van der Waals surface area contributed by atoms with Crippen LogP contribution in [0.1, 0.15) is 15.9 Å². The van der Waals surface area contributed by atoms with Gasteiger partial charge < -0.3 is 0 Å². The van der Waals surface area contributed by atoms with E-state index in [2.05, 4.69) is 0 Å². The van der Waals surface area contributed by atoms with Gasteiger partial charge in [-0.2, -0.15) is 5.26 Å². The fourth-order valence-corrected chi connectivity index (χ4v) is 1.02. The molecular formula is C9H8FN3O. The lowest BCUT2D eigenvalue weighted by molar-refractivity contribution is 0.0949. The van der Waals surface area contributed by atoms with E-state index in [9.17, 15) is 9.18 Å². The second-order valence-corrected chi connectivity index (χ2v) is 2.62. The van der Waals surface area contributed by atoms with Crippen molar-refractivity contribution >= 4 is 5.91 Å². The second kappa shape index (κ2) is 4.35. The average Bonchev–Trinajstić information content (AvgIpc) is 2.17. The van der Waals surface area contributed by atoms with Gasteiger partial charge >= 0.3 is 0 Å². The number of rotatable bonds is 2. The highest BCUT2D eigenvalue weighted by molar-refractivity contribution is 5.94. The summed E-state index contributed by atoms with van der Waals surface area (Å²) in [6.07, 6.45) is 0.113. The molecule has 72 valence electrons. The van der Waals surface area contributed by atoms with E-state index in [1.807, 2.05) is 11.5 Å². The van der Waals surface area contributed by atoms with Crippen LogP contribution in [-0.4, -0.2) is 5.91 Å². The van der Waals surface area contributed by atoms with Gasteiger partial charge in [-0.15, -0.1) is 0 Å². The Morgan fingerprint density at radius 1 is 1.64 bits per heavy atom. The van der Waals surface area contributed by atoms with Crippen molar-refractivity contribution in [1.29, 1.82) is 5.26 Å². The van der Waals surface area contributed by atoms with E-state index in [4.69, 9.17) is 11.1 Å². The van der Waals surface area contributed by atoms with E-state index in [0.717, 1.165) is 6.07 Å². The number of halogens is 1. The Kier molecular flexibility index (Phi) is 3.15. The molecule has 14 heavy (non-hydrogen) atoms. The highest BCUT2D eigenvalue weighted by Gasteiger charge is 2.10. The van der Waals surface area contributed by atoms with E-state index in [1.165, 1.54) is 12.1 Å². The third-order valence-corrected chi connectivity index (χ3v) is 1.69. The van der Waals surface area contributed by atoms with Crippen LogP contribution >= 0.6 is 0 Å². The van der Waals surface area contributed by atoms with Gasteiger partial charge in [0, 0.05) is 0 Å². The van der Waals surface area contributed by atoms with Gasteiger partial charge in [-0.1, -0.05) is 6.07 Å². The Morgan fingerprint density at radius 2 is 2.36 bits per heavy atom. The first-order chi connectivity index (χ1) is 6.69. The summed E-state index contributed by atoms with van der Waals surface area (Å²) in [7, 11) is 0. The molecule has 1 aromatic rings. The minimum absolute atomic E-state index is 0.113. The van der Waals surface area contributed by atoms with Crippen molar-refractivity contribution in [3.8, 4) is 6.07 Å². The highest BCUT2D eigenvalue weighted by Crippen LogP contribution is 2.10. The monoisotopic (exact) mass is 193 g/mol. The Morgan fingerprint density at radius 3 is 2.86 bits per heavy atom. The number of nitrogens with two attached hydrogens (primary N) is 1. The van der Waals surface area contributed by atoms with Gasteiger partial charge in [0.05, 0.1) is 18.1 Å². The molecule has 4 nitrogen and oxygen atoms in total. The molecule has 0 fully saturated rings. The molecule has 0 bridgehead atoms. The smallest absolute Gasteiger partial charge is 0.268 e. The van der Waals surface area contributed by atoms with Crippen LogP contribution in [0.15, 0.2) is 18.2 Å². The van der Waals surface area contributed by atoms with Crippen LogP contribution in [0.4, 0.5) is 4.39 Å². The molecule has 0 radical (unpaired) electrons. The lowest BCUT2D eigenvalue weighted by Gasteiger charge is -2.02. The fraction of sp³-hybridized carbons (Fsp3) is 0.111. The van der Waals surface area contributed by atoms with E-state index in [0.29, 0.717) is 5.56 Å². The van der Waals surface area contributed by atoms with Crippen molar-refractivity contribution in [2.24, 2.45) is 5.84 Å². The van der Waals surface area contributed by atoms with Crippen LogP contribution in [0, 0.1) is 17.1 Å². The number of hydrogen-bond donors (Lipinski definition) is 2. The lowest BCUT2D eigenvalue weighted by Crippen LogP contribution is -2.30. The second-order valence-electron chi connectivity index (χ2n) is 2.62. The van der Waals surface area contributed by atoms with Gasteiger partial charge in [-0.05, 0) is 17.7 Å². The molecule has 0 saturated heterocycles. The maximum atomic E-state index is 13.2. The van der Waals surface area contributed by atoms with Gasteiger partial charge in [0.25, 0.3) is 5.91 Å². The highest BCUT2D eigenvalue weighted by atomic mass is 19.1. The summed E-state index contributed by atoms with van der Waals surface area (Å²) in [5, 5.41) is 8.36. The molecule has 0 aliphatic heterocycles. The summed E-state index contributed by atoms with van der Waals surface area (Å²) < 4.78 is 13.2. The van der Waals surface area contributed by atoms with Crippen LogP contribution < -0.4 is 11.3 Å². The zero-order valence-corrected chi connectivity index (χ0v) is 7.25. The molecule has 0 unspecified atom stereocenters. The maximum Gasteiger partial charge on any atom is 0.268 e. The normalized spacial score (nSPS) is 9.21. The average molecular weight is 193 g/mol. The summed E-state index contributed by atoms with van der Waals surface area (Å²) in [6, 6.07) is 5.84. The van der Waals surface area contributed by atoms with E-state index >= 15 is 0 Å². The molecule has 1 rings (SSSR count). The number of hydrogen-bond acceptors (Lipinski definition) is 3. The van der Waals surface area contributed by atoms with Crippen molar-refractivity contribution in [1.82, 2.24) is 5.43 Å². The van der Waals surface area contributed by atoms with Crippen molar-refractivity contribution in [3.05, 3.63) is 35.1 Å². The molecule has 1 aromatic carbocycles. The fourth-order valence-electron chi connectivity index (χ4n) is 1.02. The number of nitriles is 1. The standard InChI is InChI=1S/C9H8FN3O/c10-8-5-6(3-4-11)1-2-7(8)9(14)13-12/h1-2,5H,3,12H2,(H,13,14). The first-order valence-corrected chi connectivity index (χ1v) is 3.85. The van der Waals surface area contributed by atoms with Gasteiger partial charge in [-0.25, -0.2) is 10.2 Å². The molecule has 0 spiro atoms. The SMILES string of the molecule is N#CCc1ccc(C(=O)NN)c(F)c1. The van der Waals surface area contributed by atoms with Gasteiger partial charge in [0.2, 0.25) is 0 Å². The van der Waals surface area contributed by atoms with Crippen molar-refractivity contribution < 1.29 is 9.18 Å². The van der Waals surface area contributed by atoms with E-state index < -0.39 is 11.7 Å². The first-order valence-electron chi connectivity index (χ1n) is 3.85. The van der Waals surface area contributed by atoms with Crippen LogP contribution in [0.3, 0.4) is 0 Å². The number of nitrogens with zero attached hydrogens (tertiary/aromatic N) is 1. The maximum absolute atomic E-state index is 13.2. The number of nitrogen functional groups attached to an aromatic ring is 1. The Balaban J connectivity index is 3.02. The lowest BCUT2D eigenvalue weighted by atomic mass is 10.1. The summed E-state index contributed by atoms with van der Waals surface area (Å²) in [6.45, 7) is 0. The minimum Gasteiger partial charge on any atom is -0.290 e. The topological polar surface area (TPSA) is 78.9 Å². The van der Waals surface area contributed by atoms with E-state index in [-0.39, 0.29) is 12.0 Å². The molecule has 3 N–H and O–H groups in total. The third kappa shape index (κ3) is 2.06. The summed E-state index contributed by atoms with van der Waals surface area (Å²) in [5.74, 6) is 3.48. The first kappa shape index (κ1) is 10.2.